The van der Waals surface area contributed by atoms with Gasteiger partial charge < -0.3 is 30.0 Å². The van der Waals surface area contributed by atoms with E-state index in [1.165, 1.54) is 0 Å². The van der Waals surface area contributed by atoms with Gasteiger partial charge in [0.1, 0.15) is 6.61 Å². The van der Waals surface area contributed by atoms with E-state index in [1.807, 2.05) is 12.1 Å². The molecule has 1 aliphatic carbocycles. The number of nitrogens with one attached hydrogen (secondary N) is 2. The first-order valence-corrected chi connectivity index (χ1v) is 18.6. The van der Waals surface area contributed by atoms with E-state index in [1.54, 1.807) is 0 Å². The monoisotopic (exact) mass is 723 g/mol. The van der Waals surface area contributed by atoms with E-state index in [0.29, 0.717) is 89.5 Å². The predicted octanol–water partition coefficient (Wildman–Crippen LogP) is 4.50. The third-order valence-corrected chi connectivity index (χ3v) is 9.03. The fourth-order valence-corrected chi connectivity index (χ4v) is 6.23. The van der Waals surface area contributed by atoms with Gasteiger partial charge in [0.25, 0.3) is 11.8 Å². The number of amides is 4. The number of aliphatic hydroxyl groups excluding tert-OH is 1. The number of hydrogen-bond donors (Lipinski definition) is 3. The van der Waals surface area contributed by atoms with Crippen molar-refractivity contribution in [1.29, 1.82) is 0 Å². The summed E-state index contributed by atoms with van der Waals surface area (Å²) >= 11 is 0. The number of carbonyl (C=O) groups excluding carboxylic acids is 5. The Morgan fingerprint density at radius 1 is 0.750 bits per heavy atom. The molecule has 0 aromatic heterocycles. The van der Waals surface area contributed by atoms with Crippen LogP contribution in [-0.4, -0.2) is 92.7 Å². The summed E-state index contributed by atoms with van der Waals surface area (Å²) in [5.74, 6) is -1.57. The van der Waals surface area contributed by atoms with Crippen LogP contribution in [0.5, 0.6) is 0 Å². The maximum atomic E-state index is 12.6. The van der Waals surface area contributed by atoms with Gasteiger partial charge in [0.15, 0.2) is 0 Å². The Kier molecular flexibility index (Phi) is 17.0. The molecule has 0 saturated carbocycles. The van der Waals surface area contributed by atoms with Crippen LogP contribution >= 0.6 is 0 Å². The van der Waals surface area contributed by atoms with Crippen molar-refractivity contribution in [2.45, 2.75) is 89.9 Å². The smallest absolute Gasteiger partial charge is 0.432 e. The third-order valence-electron chi connectivity index (χ3n) is 9.03. The van der Waals surface area contributed by atoms with Crippen molar-refractivity contribution in [3.05, 3.63) is 58.7 Å². The average molecular weight is 724 g/mol. The van der Waals surface area contributed by atoms with Crippen molar-refractivity contribution in [3.8, 4) is 11.1 Å². The number of imide groups is 1. The van der Waals surface area contributed by atoms with E-state index in [-0.39, 0.29) is 43.8 Å². The summed E-state index contributed by atoms with van der Waals surface area (Å²) in [4.78, 5) is 66.2. The van der Waals surface area contributed by atoms with Crippen LogP contribution in [0.1, 0.15) is 99.3 Å². The number of aryl methyl sites for hydroxylation is 2. The van der Waals surface area contributed by atoms with E-state index < -0.39 is 18.0 Å². The summed E-state index contributed by atoms with van der Waals surface area (Å²) in [6, 6.07) is 12.4. The number of aliphatic hydroxyl groups is 1. The number of benzene rings is 2. The van der Waals surface area contributed by atoms with Crippen LogP contribution in [0.2, 0.25) is 0 Å². The molecule has 13 heteroatoms. The minimum Gasteiger partial charge on any atom is -0.432 e. The highest BCUT2D eigenvalue weighted by molar-refractivity contribution is 6.01. The molecule has 284 valence electrons. The maximum Gasteiger partial charge on any atom is 0.533 e. The second-order valence-corrected chi connectivity index (χ2v) is 13.0. The number of rotatable bonds is 24. The molecule has 1 heterocycles. The van der Waals surface area contributed by atoms with Crippen LogP contribution in [0, 0.1) is 0 Å². The summed E-state index contributed by atoms with van der Waals surface area (Å²) in [6.07, 6.45) is 5.80. The highest BCUT2D eigenvalue weighted by Gasteiger charge is 2.35. The van der Waals surface area contributed by atoms with Crippen LogP contribution in [-0.2, 0) is 51.1 Å². The first-order valence-electron chi connectivity index (χ1n) is 18.6. The largest absolute Gasteiger partial charge is 0.533 e. The van der Waals surface area contributed by atoms with Crippen LogP contribution in [0.4, 0.5) is 4.79 Å². The predicted molar refractivity (Wildman–Crippen MR) is 192 cm³/mol. The van der Waals surface area contributed by atoms with Gasteiger partial charge in [0.2, 0.25) is 11.8 Å². The molecule has 1 aliphatic heterocycles. The Bertz CT molecular complexity index is 1500. The van der Waals surface area contributed by atoms with Crippen molar-refractivity contribution in [3.63, 3.8) is 0 Å². The van der Waals surface area contributed by atoms with Gasteiger partial charge in [-0.2, -0.15) is 0 Å². The van der Waals surface area contributed by atoms with Crippen LogP contribution < -0.4 is 10.6 Å². The molecule has 1 fully saturated rings. The fourth-order valence-electron chi connectivity index (χ4n) is 6.23. The first-order chi connectivity index (χ1) is 25.3. The first kappa shape index (κ1) is 40.4. The lowest BCUT2D eigenvalue weighted by Gasteiger charge is -2.17. The highest BCUT2D eigenvalue weighted by atomic mass is 16.8. The molecule has 1 atom stereocenters. The molecule has 4 amide bonds. The SMILES string of the molecule is CCCCOCCNC(=O)CCCc1ccc2c(c1)C(COC(=O)ON1C(=O)CCC1=O)c1cc(CCCC(=O)NCCOCCCCO)ccc1-2. The molecule has 2 aromatic rings. The summed E-state index contributed by atoms with van der Waals surface area (Å²) in [6.45, 7) is 5.28. The summed E-state index contributed by atoms with van der Waals surface area (Å²) in [5.41, 5.74) is 6.04. The number of nitrogens with zero attached hydrogens (tertiary/aromatic N) is 1. The third kappa shape index (κ3) is 12.7. The lowest BCUT2D eigenvalue weighted by Crippen LogP contribution is -2.32. The van der Waals surface area contributed by atoms with Crippen LogP contribution in [0.3, 0.4) is 0 Å². The molecule has 0 spiro atoms. The van der Waals surface area contributed by atoms with Crippen LogP contribution in [0.25, 0.3) is 11.1 Å². The maximum absolute atomic E-state index is 12.6. The Labute approximate surface area is 305 Å². The van der Waals surface area contributed by atoms with Crippen molar-refractivity contribution in [2.75, 3.05) is 52.7 Å². The topological polar surface area (TPSA) is 170 Å². The van der Waals surface area contributed by atoms with Crippen molar-refractivity contribution in [1.82, 2.24) is 15.7 Å². The molecule has 52 heavy (non-hydrogen) atoms. The second-order valence-electron chi connectivity index (χ2n) is 13.0. The summed E-state index contributed by atoms with van der Waals surface area (Å²) in [5, 5.41) is 15.1. The molecule has 0 radical (unpaired) electrons. The van der Waals surface area contributed by atoms with E-state index in [4.69, 9.17) is 24.2 Å². The Morgan fingerprint density at radius 3 is 1.81 bits per heavy atom. The number of fused-ring (bicyclic) bond motifs is 3. The minimum absolute atomic E-state index is 0.0155. The molecule has 1 unspecified atom stereocenters. The molecule has 2 aliphatic rings. The highest BCUT2D eigenvalue weighted by Crippen LogP contribution is 2.46. The summed E-state index contributed by atoms with van der Waals surface area (Å²) < 4.78 is 16.5. The Morgan fingerprint density at radius 2 is 1.29 bits per heavy atom. The lowest BCUT2D eigenvalue weighted by molar-refractivity contribution is -0.177. The molecular formula is C39H53N3O10. The molecule has 4 rings (SSSR count). The molecule has 13 nitrogen and oxygen atoms in total. The van der Waals surface area contributed by atoms with E-state index in [2.05, 4.69) is 41.8 Å². The van der Waals surface area contributed by atoms with Gasteiger partial charge >= 0.3 is 6.16 Å². The van der Waals surface area contributed by atoms with Gasteiger partial charge in [-0.3, -0.25) is 24.0 Å². The average Bonchev–Trinajstić information content (AvgIpc) is 3.62. The number of unbranched alkanes of at least 4 members (excludes halogenated alkanes) is 2. The summed E-state index contributed by atoms with van der Waals surface area (Å²) in [7, 11) is 0. The zero-order valence-corrected chi connectivity index (χ0v) is 30.3. The normalized spacial score (nSPS) is 14.7. The van der Waals surface area contributed by atoms with E-state index >= 15 is 0 Å². The van der Waals surface area contributed by atoms with Crippen molar-refractivity contribution in [2.24, 2.45) is 0 Å². The van der Waals surface area contributed by atoms with Crippen molar-refractivity contribution < 1.29 is 48.1 Å². The number of hydroxylamine groups is 2. The fraction of sp³-hybridized carbons (Fsp3) is 0.564. The quantitative estimate of drug-likeness (QED) is 0.0797. The number of ether oxygens (including phenoxy) is 3. The van der Waals surface area contributed by atoms with Gasteiger partial charge in [-0.05, 0) is 78.3 Å². The zero-order valence-electron chi connectivity index (χ0n) is 30.3. The van der Waals surface area contributed by atoms with Gasteiger partial charge in [0.05, 0.1) is 13.2 Å². The van der Waals surface area contributed by atoms with E-state index in [0.717, 1.165) is 52.6 Å². The van der Waals surface area contributed by atoms with E-state index in [9.17, 15) is 24.0 Å². The number of carbonyl (C=O) groups is 5. The molecule has 1 saturated heterocycles. The standard InChI is InChI=1S/C39H53N3O10/c1-2-3-21-49-23-18-40-35(44)10-6-8-28-12-14-30-31-15-13-29(9-7-11-36(45)41-19-24-50-22-5-4-20-43)26-33(31)34(32(30)25-28)27-51-39(48)52-42-37(46)16-17-38(42)47/h12-15,25-26,34,43H,2-11,16-24,27H2,1H3,(H,40,44)(H,41,45). The Hall–Kier alpha value is -4.33. The lowest BCUT2D eigenvalue weighted by atomic mass is 9.94. The number of hydrogen-bond acceptors (Lipinski definition) is 10. The Balaban J connectivity index is 1.35. The van der Waals surface area contributed by atoms with Crippen molar-refractivity contribution >= 4 is 29.8 Å². The van der Waals surface area contributed by atoms with Gasteiger partial charge in [-0.15, -0.1) is 0 Å². The molecular weight excluding hydrogens is 670 g/mol. The molecule has 0 bridgehead atoms. The zero-order chi connectivity index (χ0) is 37.1. The minimum atomic E-state index is -1.13. The second kappa shape index (κ2) is 21.9. The van der Waals surface area contributed by atoms with Crippen LogP contribution in [0.15, 0.2) is 36.4 Å². The molecule has 3 N–H and O–H groups in total. The molecule has 2 aromatic carbocycles. The van der Waals surface area contributed by atoms with Gasteiger partial charge in [-0.25, -0.2) is 4.79 Å². The van der Waals surface area contributed by atoms with Gasteiger partial charge in [-0.1, -0.05) is 54.8 Å². The van der Waals surface area contributed by atoms with Gasteiger partial charge in [0, 0.05) is 64.5 Å².